The molecule has 0 unspecified atom stereocenters. The highest BCUT2D eigenvalue weighted by atomic mass is 16.4. The molecule has 0 aliphatic heterocycles. The van der Waals surface area contributed by atoms with E-state index in [2.05, 4.69) is 12.2 Å². The fourth-order valence-electron chi connectivity index (χ4n) is 2.80. The zero-order valence-corrected chi connectivity index (χ0v) is 12.3. The molecule has 1 aliphatic rings. The maximum Gasteiger partial charge on any atom is 0.335 e. The third kappa shape index (κ3) is 3.42. The van der Waals surface area contributed by atoms with Crippen LogP contribution in [-0.2, 0) is 4.79 Å². The average molecular weight is 290 g/mol. The Labute approximate surface area is 124 Å². The Morgan fingerprint density at radius 1 is 1.29 bits per heavy atom. The topological polar surface area (TPSA) is 92.4 Å². The number of carboxylic acid groups (broad SMARTS) is 1. The minimum absolute atomic E-state index is 0.0556. The number of carboxylic acids is 1. The zero-order valence-electron chi connectivity index (χ0n) is 12.3. The van der Waals surface area contributed by atoms with E-state index in [0.29, 0.717) is 18.2 Å². The maximum absolute atomic E-state index is 12.5. The molecule has 21 heavy (non-hydrogen) atoms. The van der Waals surface area contributed by atoms with Crippen LogP contribution in [0.4, 0.5) is 5.69 Å². The van der Waals surface area contributed by atoms with Gasteiger partial charge in [-0.05, 0) is 55.9 Å². The second kappa shape index (κ2) is 6.26. The number of amides is 1. The van der Waals surface area contributed by atoms with Crippen molar-refractivity contribution in [2.24, 2.45) is 17.1 Å². The molecule has 1 aromatic carbocycles. The summed E-state index contributed by atoms with van der Waals surface area (Å²) in [6.45, 7) is 2.54. The van der Waals surface area contributed by atoms with Crippen LogP contribution in [0.2, 0.25) is 0 Å². The van der Waals surface area contributed by atoms with Crippen LogP contribution < -0.4 is 11.1 Å². The van der Waals surface area contributed by atoms with Gasteiger partial charge in [-0.15, -0.1) is 0 Å². The van der Waals surface area contributed by atoms with Gasteiger partial charge in [-0.1, -0.05) is 6.92 Å². The highest BCUT2D eigenvalue weighted by Gasteiger charge is 2.39. The van der Waals surface area contributed by atoms with Gasteiger partial charge >= 0.3 is 5.97 Å². The number of hydrogen-bond acceptors (Lipinski definition) is 3. The third-order valence-electron chi connectivity index (χ3n) is 4.49. The van der Waals surface area contributed by atoms with Gasteiger partial charge < -0.3 is 16.2 Å². The molecule has 4 N–H and O–H groups in total. The summed E-state index contributed by atoms with van der Waals surface area (Å²) in [5.41, 5.74) is 6.19. The molecule has 0 heterocycles. The van der Waals surface area contributed by atoms with Gasteiger partial charge in [0.25, 0.3) is 0 Å². The van der Waals surface area contributed by atoms with Crippen LogP contribution in [0.5, 0.6) is 0 Å². The lowest BCUT2D eigenvalue weighted by atomic mass is 9.70. The largest absolute Gasteiger partial charge is 0.478 e. The molecular formula is C16H22N2O3. The highest BCUT2D eigenvalue weighted by Crippen LogP contribution is 2.39. The third-order valence-corrected chi connectivity index (χ3v) is 4.49. The first-order valence-electron chi connectivity index (χ1n) is 7.32. The number of rotatable bonds is 4. The minimum atomic E-state index is -0.979. The molecular weight excluding hydrogens is 268 g/mol. The standard InChI is InChI=1S/C16H22N2O3/c1-11-6-8-16(10-17,9-7-11)15(21)18-13-4-2-12(3-5-13)14(19)20/h2-5,11H,6-10,17H2,1H3,(H,18,21)(H,19,20). The molecule has 1 fully saturated rings. The van der Waals surface area contributed by atoms with Crippen molar-refractivity contribution in [3.8, 4) is 0 Å². The van der Waals surface area contributed by atoms with Crippen molar-refractivity contribution in [2.75, 3.05) is 11.9 Å². The Hall–Kier alpha value is -1.88. The Morgan fingerprint density at radius 2 is 1.86 bits per heavy atom. The van der Waals surface area contributed by atoms with E-state index in [-0.39, 0.29) is 11.5 Å². The normalized spacial score (nSPS) is 25.3. The van der Waals surface area contributed by atoms with Gasteiger partial charge in [0.2, 0.25) is 5.91 Å². The van der Waals surface area contributed by atoms with Crippen molar-refractivity contribution in [3.05, 3.63) is 29.8 Å². The van der Waals surface area contributed by atoms with E-state index in [9.17, 15) is 9.59 Å². The molecule has 2 rings (SSSR count). The van der Waals surface area contributed by atoms with Crippen LogP contribution in [0, 0.1) is 11.3 Å². The number of aromatic carboxylic acids is 1. The van der Waals surface area contributed by atoms with Crippen molar-refractivity contribution in [2.45, 2.75) is 32.6 Å². The van der Waals surface area contributed by atoms with Gasteiger partial charge in [0, 0.05) is 12.2 Å². The van der Waals surface area contributed by atoms with Crippen LogP contribution in [0.25, 0.3) is 0 Å². The second-order valence-electron chi connectivity index (χ2n) is 6.00. The summed E-state index contributed by atoms with van der Waals surface area (Å²) in [5.74, 6) is -0.389. The molecule has 0 radical (unpaired) electrons. The van der Waals surface area contributed by atoms with E-state index >= 15 is 0 Å². The fourth-order valence-corrected chi connectivity index (χ4v) is 2.80. The van der Waals surface area contributed by atoms with E-state index in [1.54, 1.807) is 12.1 Å². The summed E-state index contributed by atoms with van der Waals surface area (Å²) >= 11 is 0. The number of hydrogen-bond donors (Lipinski definition) is 3. The molecule has 5 nitrogen and oxygen atoms in total. The molecule has 0 saturated heterocycles. The molecule has 1 aromatic rings. The fraction of sp³-hybridized carbons (Fsp3) is 0.500. The molecule has 1 saturated carbocycles. The molecule has 0 bridgehead atoms. The van der Waals surface area contributed by atoms with Crippen LogP contribution in [0.3, 0.4) is 0 Å². The van der Waals surface area contributed by atoms with Crippen molar-refractivity contribution in [3.63, 3.8) is 0 Å². The minimum Gasteiger partial charge on any atom is -0.478 e. The van der Waals surface area contributed by atoms with Crippen LogP contribution in [0.1, 0.15) is 43.0 Å². The van der Waals surface area contributed by atoms with E-state index in [4.69, 9.17) is 10.8 Å². The average Bonchev–Trinajstić information content (AvgIpc) is 2.49. The first-order valence-corrected chi connectivity index (χ1v) is 7.32. The summed E-state index contributed by atoms with van der Waals surface area (Å²) in [6, 6.07) is 6.18. The molecule has 114 valence electrons. The lowest BCUT2D eigenvalue weighted by Gasteiger charge is -2.37. The van der Waals surface area contributed by atoms with E-state index in [1.807, 2.05) is 0 Å². The Bertz CT molecular complexity index is 517. The molecule has 1 aliphatic carbocycles. The van der Waals surface area contributed by atoms with Gasteiger partial charge in [0.05, 0.1) is 11.0 Å². The molecule has 1 amide bonds. The number of nitrogens with two attached hydrogens (primary N) is 1. The van der Waals surface area contributed by atoms with Crippen LogP contribution in [-0.4, -0.2) is 23.5 Å². The lowest BCUT2D eigenvalue weighted by Crippen LogP contribution is -2.44. The Kier molecular flexibility index (Phi) is 4.63. The lowest BCUT2D eigenvalue weighted by molar-refractivity contribution is -0.127. The smallest absolute Gasteiger partial charge is 0.335 e. The van der Waals surface area contributed by atoms with Gasteiger partial charge in [0.15, 0.2) is 0 Å². The van der Waals surface area contributed by atoms with Gasteiger partial charge in [-0.2, -0.15) is 0 Å². The number of anilines is 1. The summed E-state index contributed by atoms with van der Waals surface area (Å²) in [4.78, 5) is 23.3. The quantitative estimate of drug-likeness (QED) is 0.794. The monoisotopic (exact) mass is 290 g/mol. The molecule has 5 heteroatoms. The van der Waals surface area contributed by atoms with Gasteiger partial charge in [-0.3, -0.25) is 4.79 Å². The van der Waals surface area contributed by atoms with Crippen LogP contribution in [0.15, 0.2) is 24.3 Å². The highest BCUT2D eigenvalue weighted by molar-refractivity contribution is 5.96. The van der Waals surface area contributed by atoms with Crippen molar-refractivity contribution in [1.29, 1.82) is 0 Å². The van der Waals surface area contributed by atoms with E-state index in [1.165, 1.54) is 12.1 Å². The number of benzene rings is 1. The van der Waals surface area contributed by atoms with Crippen molar-refractivity contribution < 1.29 is 14.7 Å². The van der Waals surface area contributed by atoms with Gasteiger partial charge in [-0.25, -0.2) is 4.79 Å². The summed E-state index contributed by atoms with van der Waals surface area (Å²) in [7, 11) is 0. The summed E-state index contributed by atoms with van der Waals surface area (Å²) in [6.07, 6.45) is 3.65. The van der Waals surface area contributed by atoms with Crippen molar-refractivity contribution >= 4 is 17.6 Å². The Morgan fingerprint density at radius 3 is 2.33 bits per heavy atom. The Balaban J connectivity index is 2.07. The van der Waals surface area contributed by atoms with E-state index in [0.717, 1.165) is 25.7 Å². The first kappa shape index (κ1) is 15.5. The van der Waals surface area contributed by atoms with Gasteiger partial charge in [0.1, 0.15) is 0 Å². The maximum atomic E-state index is 12.5. The van der Waals surface area contributed by atoms with Crippen LogP contribution >= 0.6 is 0 Å². The zero-order chi connectivity index (χ0) is 15.5. The second-order valence-corrected chi connectivity index (χ2v) is 6.00. The summed E-state index contributed by atoms with van der Waals surface area (Å²) in [5, 5.41) is 11.7. The molecule has 0 aromatic heterocycles. The number of nitrogens with one attached hydrogen (secondary N) is 1. The number of carbonyl (C=O) groups is 2. The van der Waals surface area contributed by atoms with E-state index < -0.39 is 11.4 Å². The predicted octanol–water partition coefficient (Wildman–Crippen LogP) is 2.48. The SMILES string of the molecule is CC1CCC(CN)(C(=O)Nc2ccc(C(=O)O)cc2)CC1. The van der Waals surface area contributed by atoms with Crippen molar-refractivity contribution in [1.82, 2.24) is 0 Å². The first-order chi connectivity index (χ1) is 9.97. The predicted molar refractivity (Wildman–Crippen MR) is 81.2 cm³/mol. The number of carbonyl (C=O) groups excluding carboxylic acids is 1. The molecule has 0 atom stereocenters. The summed E-state index contributed by atoms with van der Waals surface area (Å²) < 4.78 is 0. The molecule has 0 spiro atoms.